The summed E-state index contributed by atoms with van der Waals surface area (Å²) >= 11 is 4.60. The zero-order valence-electron chi connectivity index (χ0n) is 14.9. The number of thioether (sulfide) groups is 2. The van der Waals surface area contributed by atoms with Crippen LogP contribution in [0.25, 0.3) is 15.1 Å². The van der Waals surface area contributed by atoms with Crippen molar-refractivity contribution >= 4 is 61.4 Å². The molecule has 0 fully saturated rings. The Balaban J connectivity index is 1.65. The molecule has 1 aromatic heterocycles. The number of aromatic nitrogens is 1. The zero-order valence-corrected chi connectivity index (χ0v) is 17.3. The first-order valence-corrected chi connectivity index (χ1v) is 11.2. The van der Waals surface area contributed by atoms with Crippen LogP contribution in [0.3, 0.4) is 0 Å². The fraction of sp³-hybridized carbons (Fsp3) is 0. The first kappa shape index (κ1) is 18.2. The molecule has 0 saturated heterocycles. The topological polar surface area (TPSA) is 68.1 Å². The predicted octanol–water partition coefficient (Wildman–Crippen LogP) is 6.84. The maximum atomic E-state index is 11.5. The van der Waals surface area contributed by atoms with Gasteiger partial charge in [-0.3, -0.25) is 10.1 Å². The maximum Gasteiger partial charge on any atom is 0.283 e. The highest BCUT2D eigenvalue weighted by molar-refractivity contribution is 8.11. The van der Waals surface area contributed by atoms with Gasteiger partial charge in [0.2, 0.25) is 0 Å². The monoisotopic (exact) mass is 435 g/mol. The second-order valence-electron chi connectivity index (χ2n) is 6.20. The number of rotatable bonds is 4. The standard InChI is InChI=1S/C21H13N3O2S3/c25-24(26)15-9-3-6-12-18(15)27-19(20-22-13-7-1-4-10-16(13)28-20)21-23-14-8-2-5-11-17(14)29-21/h1-12,22H. The summed E-state index contributed by atoms with van der Waals surface area (Å²) in [6.45, 7) is 0. The molecule has 0 radical (unpaired) electrons. The van der Waals surface area contributed by atoms with Crippen LogP contribution in [0.15, 0.2) is 87.6 Å². The van der Waals surface area contributed by atoms with Crippen molar-refractivity contribution in [2.24, 2.45) is 0 Å². The maximum absolute atomic E-state index is 11.5. The Morgan fingerprint density at radius 1 is 1.00 bits per heavy atom. The van der Waals surface area contributed by atoms with Crippen LogP contribution in [0.4, 0.5) is 11.4 Å². The van der Waals surface area contributed by atoms with E-state index in [0.717, 1.165) is 35.7 Å². The van der Waals surface area contributed by atoms with Crippen LogP contribution in [0.1, 0.15) is 5.01 Å². The van der Waals surface area contributed by atoms with Crippen LogP contribution in [0.2, 0.25) is 0 Å². The first-order valence-electron chi connectivity index (χ1n) is 8.74. The molecule has 4 aromatic rings. The molecule has 0 aliphatic carbocycles. The Labute approximate surface area is 179 Å². The van der Waals surface area contributed by atoms with Crippen LogP contribution in [0.5, 0.6) is 0 Å². The van der Waals surface area contributed by atoms with Gasteiger partial charge in [0.1, 0.15) is 5.01 Å². The van der Waals surface area contributed by atoms with E-state index in [4.69, 9.17) is 4.98 Å². The summed E-state index contributed by atoms with van der Waals surface area (Å²) < 4.78 is 1.09. The van der Waals surface area contributed by atoms with Gasteiger partial charge in [0.15, 0.2) is 0 Å². The number of thiazole rings is 1. The molecule has 0 bridgehead atoms. The number of hydrogen-bond acceptors (Lipinski definition) is 7. The van der Waals surface area contributed by atoms with Crippen molar-refractivity contribution in [3.63, 3.8) is 0 Å². The van der Waals surface area contributed by atoms with E-state index in [9.17, 15) is 10.1 Å². The van der Waals surface area contributed by atoms with Gasteiger partial charge in [-0.15, -0.1) is 11.3 Å². The molecule has 0 saturated carbocycles. The van der Waals surface area contributed by atoms with Crippen molar-refractivity contribution in [2.45, 2.75) is 9.79 Å². The summed E-state index contributed by atoms with van der Waals surface area (Å²) in [5, 5.41) is 16.8. The number of nitro benzene ring substituents is 1. The zero-order chi connectivity index (χ0) is 19.8. The van der Waals surface area contributed by atoms with E-state index in [-0.39, 0.29) is 10.6 Å². The third-order valence-electron chi connectivity index (χ3n) is 4.32. The highest BCUT2D eigenvalue weighted by Crippen LogP contribution is 2.50. The lowest BCUT2D eigenvalue weighted by Gasteiger charge is -2.09. The number of para-hydroxylation sites is 3. The number of nitrogens with one attached hydrogen (secondary N) is 1. The highest BCUT2D eigenvalue weighted by Gasteiger charge is 2.25. The Hall–Kier alpha value is -2.81. The van der Waals surface area contributed by atoms with E-state index >= 15 is 0 Å². The minimum atomic E-state index is -0.340. The SMILES string of the molecule is O=[N+]([O-])c1ccccc1SC(=C1Nc2ccccc2S1)c1nc2ccccc2s1. The molecule has 0 unspecified atom stereocenters. The quantitative estimate of drug-likeness (QED) is 0.215. The normalized spacial score (nSPS) is 14.5. The van der Waals surface area contributed by atoms with E-state index in [1.807, 2.05) is 48.5 Å². The molecule has 2 heterocycles. The van der Waals surface area contributed by atoms with Gasteiger partial charge in [0, 0.05) is 11.0 Å². The molecule has 142 valence electrons. The second-order valence-corrected chi connectivity index (χ2v) is 9.33. The lowest BCUT2D eigenvalue weighted by molar-refractivity contribution is -0.387. The van der Waals surface area contributed by atoms with Crippen LogP contribution in [0, 0.1) is 10.1 Å². The summed E-state index contributed by atoms with van der Waals surface area (Å²) in [6, 6.07) is 22.9. The summed E-state index contributed by atoms with van der Waals surface area (Å²) in [5.74, 6) is 0. The molecule has 5 nitrogen and oxygen atoms in total. The average molecular weight is 436 g/mol. The Kier molecular flexibility index (Phi) is 4.75. The van der Waals surface area contributed by atoms with Crippen molar-refractivity contribution in [3.05, 3.63) is 92.9 Å². The van der Waals surface area contributed by atoms with Crippen molar-refractivity contribution in [2.75, 3.05) is 5.32 Å². The lowest BCUT2D eigenvalue weighted by Crippen LogP contribution is -1.95. The van der Waals surface area contributed by atoms with Gasteiger partial charge < -0.3 is 5.32 Å². The lowest BCUT2D eigenvalue weighted by atomic mass is 10.3. The average Bonchev–Trinajstić information content (AvgIpc) is 3.36. The molecule has 5 rings (SSSR count). The van der Waals surface area contributed by atoms with Gasteiger partial charge in [0.05, 0.1) is 35.7 Å². The molecule has 1 aliphatic heterocycles. The number of nitrogens with zero attached hydrogens (tertiary/aromatic N) is 2. The molecule has 8 heteroatoms. The van der Waals surface area contributed by atoms with Crippen molar-refractivity contribution in [1.29, 1.82) is 0 Å². The van der Waals surface area contributed by atoms with Gasteiger partial charge in [-0.2, -0.15) is 0 Å². The number of anilines is 1. The second kappa shape index (κ2) is 7.55. The van der Waals surface area contributed by atoms with Crippen LogP contribution < -0.4 is 5.32 Å². The largest absolute Gasteiger partial charge is 0.348 e. The predicted molar refractivity (Wildman–Crippen MR) is 121 cm³/mol. The molecule has 0 atom stereocenters. The van der Waals surface area contributed by atoms with E-state index in [0.29, 0.717) is 4.90 Å². The number of hydrogen-bond donors (Lipinski definition) is 1. The molecule has 0 amide bonds. The van der Waals surface area contributed by atoms with Gasteiger partial charge >= 0.3 is 0 Å². The molecule has 1 N–H and O–H groups in total. The summed E-state index contributed by atoms with van der Waals surface area (Å²) in [6.07, 6.45) is 0. The third-order valence-corrected chi connectivity index (χ3v) is 7.88. The minimum absolute atomic E-state index is 0.0947. The Bertz CT molecular complexity index is 1220. The summed E-state index contributed by atoms with van der Waals surface area (Å²) in [7, 11) is 0. The third kappa shape index (κ3) is 3.50. The van der Waals surface area contributed by atoms with Crippen LogP contribution >= 0.6 is 34.9 Å². The van der Waals surface area contributed by atoms with Gasteiger partial charge in [-0.1, -0.05) is 59.9 Å². The molecule has 3 aromatic carbocycles. The van der Waals surface area contributed by atoms with E-state index in [1.165, 1.54) is 17.8 Å². The van der Waals surface area contributed by atoms with Crippen molar-refractivity contribution < 1.29 is 4.92 Å². The van der Waals surface area contributed by atoms with Gasteiger partial charge in [-0.25, -0.2) is 4.98 Å². The number of fused-ring (bicyclic) bond motifs is 2. The fourth-order valence-electron chi connectivity index (χ4n) is 2.98. The molecule has 1 aliphatic rings. The van der Waals surface area contributed by atoms with Crippen LogP contribution in [-0.4, -0.2) is 9.91 Å². The van der Waals surface area contributed by atoms with Crippen molar-refractivity contribution in [1.82, 2.24) is 4.98 Å². The number of nitro groups is 1. The van der Waals surface area contributed by atoms with Gasteiger partial charge in [-0.05, 0) is 30.3 Å². The molecule has 29 heavy (non-hydrogen) atoms. The summed E-state index contributed by atoms with van der Waals surface area (Å²) in [5.41, 5.74) is 2.06. The van der Waals surface area contributed by atoms with E-state index in [1.54, 1.807) is 35.2 Å². The van der Waals surface area contributed by atoms with E-state index in [2.05, 4.69) is 11.4 Å². The first-order chi connectivity index (χ1) is 14.2. The molecule has 0 spiro atoms. The molecular formula is C21H13N3O2S3. The highest BCUT2D eigenvalue weighted by atomic mass is 32.2. The van der Waals surface area contributed by atoms with Crippen molar-refractivity contribution in [3.8, 4) is 0 Å². The minimum Gasteiger partial charge on any atom is -0.348 e. The molecular weight excluding hydrogens is 422 g/mol. The Morgan fingerprint density at radius 2 is 1.76 bits per heavy atom. The van der Waals surface area contributed by atoms with E-state index < -0.39 is 0 Å². The van der Waals surface area contributed by atoms with Crippen LogP contribution in [-0.2, 0) is 0 Å². The Morgan fingerprint density at radius 3 is 2.59 bits per heavy atom. The number of benzene rings is 3. The fourth-order valence-corrected chi connectivity index (χ4v) is 6.29. The van der Waals surface area contributed by atoms with Gasteiger partial charge in [0.25, 0.3) is 5.69 Å². The smallest absolute Gasteiger partial charge is 0.283 e. The summed E-state index contributed by atoms with van der Waals surface area (Å²) in [4.78, 5) is 18.6.